The largest absolute Gasteiger partial charge is 0.375 e. The fourth-order valence-corrected chi connectivity index (χ4v) is 2.68. The van der Waals surface area contributed by atoms with Gasteiger partial charge in [-0.15, -0.1) is 0 Å². The molecule has 0 spiro atoms. The molecular formula is C19H17ClN2O. The Balaban J connectivity index is 2.11. The summed E-state index contributed by atoms with van der Waals surface area (Å²) in [6, 6.07) is 19.3. The van der Waals surface area contributed by atoms with E-state index in [2.05, 4.69) is 4.98 Å². The van der Waals surface area contributed by atoms with E-state index >= 15 is 0 Å². The van der Waals surface area contributed by atoms with Gasteiger partial charge in [0.15, 0.2) is 0 Å². The Kier molecular flexibility index (Phi) is 4.33. The van der Waals surface area contributed by atoms with Crippen molar-refractivity contribution in [3.8, 4) is 0 Å². The zero-order chi connectivity index (χ0) is 16.3. The lowest BCUT2D eigenvalue weighted by Crippen LogP contribution is -2.27. The van der Waals surface area contributed by atoms with Crippen LogP contribution in [0.5, 0.6) is 0 Å². The van der Waals surface area contributed by atoms with Crippen molar-refractivity contribution in [2.24, 2.45) is 7.05 Å². The smallest absolute Gasteiger partial charge is 0.202 e. The molecule has 0 aliphatic rings. The number of imidazole rings is 1. The summed E-state index contributed by atoms with van der Waals surface area (Å²) in [6.07, 6.45) is 5.27. The van der Waals surface area contributed by atoms with Gasteiger partial charge in [0.2, 0.25) is 5.28 Å². The highest BCUT2D eigenvalue weighted by molar-refractivity contribution is 6.28. The topological polar surface area (TPSA) is 38.0 Å². The summed E-state index contributed by atoms with van der Waals surface area (Å²) in [4.78, 5) is 4.10. The minimum absolute atomic E-state index is 0.336. The maximum atomic E-state index is 11.4. The van der Waals surface area contributed by atoms with Gasteiger partial charge in [-0.3, -0.25) is 0 Å². The fraction of sp³-hybridized carbons (Fsp3) is 0.105. The van der Waals surface area contributed by atoms with Gasteiger partial charge in [-0.05, 0) is 28.8 Å². The van der Waals surface area contributed by atoms with Crippen LogP contribution in [-0.2, 0) is 12.6 Å². The van der Waals surface area contributed by atoms with Gasteiger partial charge < -0.3 is 9.67 Å². The lowest BCUT2D eigenvalue weighted by molar-refractivity contribution is 0.127. The Morgan fingerprint density at radius 1 is 1.04 bits per heavy atom. The first-order chi connectivity index (χ1) is 11.1. The highest BCUT2D eigenvalue weighted by Crippen LogP contribution is 2.32. The Bertz CT molecular complexity index is 812. The fourth-order valence-electron chi connectivity index (χ4n) is 2.54. The lowest BCUT2D eigenvalue weighted by Gasteiger charge is -2.26. The molecule has 2 aromatic carbocycles. The Hall–Kier alpha value is -2.36. The third-order valence-corrected chi connectivity index (χ3v) is 4.20. The van der Waals surface area contributed by atoms with E-state index in [1.54, 1.807) is 23.9 Å². The second-order valence-corrected chi connectivity index (χ2v) is 5.69. The van der Waals surface area contributed by atoms with E-state index in [0.717, 1.165) is 11.1 Å². The van der Waals surface area contributed by atoms with Crippen LogP contribution >= 0.6 is 11.6 Å². The summed E-state index contributed by atoms with van der Waals surface area (Å²) in [6.45, 7) is 0. The molecule has 116 valence electrons. The lowest BCUT2D eigenvalue weighted by atomic mass is 9.89. The van der Waals surface area contributed by atoms with Crippen molar-refractivity contribution in [1.82, 2.24) is 9.55 Å². The molecule has 0 amide bonds. The highest BCUT2D eigenvalue weighted by atomic mass is 35.5. The molecule has 1 atom stereocenters. The molecule has 0 aliphatic heterocycles. The van der Waals surface area contributed by atoms with E-state index in [1.807, 2.05) is 66.7 Å². The molecule has 1 heterocycles. The van der Waals surface area contributed by atoms with Gasteiger partial charge in [-0.2, -0.15) is 0 Å². The second kappa shape index (κ2) is 6.41. The van der Waals surface area contributed by atoms with Crippen molar-refractivity contribution in [3.05, 3.63) is 95.0 Å². The zero-order valence-corrected chi connectivity index (χ0v) is 13.5. The molecule has 0 radical (unpaired) electrons. The summed E-state index contributed by atoms with van der Waals surface area (Å²) in [5, 5.41) is 11.7. The van der Waals surface area contributed by atoms with Gasteiger partial charge >= 0.3 is 0 Å². The molecule has 1 N–H and O–H groups in total. The SMILES string of the molecule is Cn1c(C(O)(/C=C/c2ccccc2)c2ccccc2)cnc1Cl. The molecule has 0 fully saturated rings. The van der Waals surface area contributed by atoms with Crippen LogP contribution in [0.1, 0.15) is 16.8 Å². The highest BCUT2D eigenvalue weighted by Gasteiger charge is 2.32. The number of rotatable bonds is 4. The van der Waals surface area contributed by atoms with Crippen LogP contribution in [0.4, 0.5) is 0 Å². The molecule has 4 heteroatoms. The zero-order valence-electron chi connectivity index (χ0n) is 12.7. The molecule has 0 saturated carbocycles. The second-order valence-electron chi connectivity index (χ2n) is 5.35. The Morgan fingerprint density at radius 2 is 1.65 bits per heavy atom. The van der Waals surface area contributed by atoms with Gasteiger partial charge in [-0.1, -0.05) is 66.7 Å². The van der Waals surface area contributed by atoms with Crippen LogP contribution in [-0.4, -0.2) is 14.7 Å². The van der Waals surface area contributed by atoms with Gasteiger partial charge in [0.05, 0.1) is 11.9 Å². The van der Waals surface area contributed by atoms with Gasteiger partial charge in [-0.25, -0.2) is 4.98 Å². The standard InChI is InChI=1S/C19H17ClN2O/c1-22-17(14-21-18(22)20)19(23,16-10-6-3-7-11-16)13-12-15-8-4-2-5-9-15/h2-14,23H,1H3/b13-12+. The number of hydrogen-bond donors (Lipinski definition) is 1. The van der Waals surface area contributed by atoms with Crippen molar-refractivity contribution in [2.45, 2.75) is 5.60 Å². The number of benzene rings is 2. The molecule has 23 heavy (non-hydrogen) atoms. The van der Waals surface area contributed by atoms with Crippen LogP contribution in [0.15, 0.2) is 72.9 Å². The maximum absolute atomic E-state index is 11.4. The van der Waals surface area contributed by atoms with Crippen LogP contribution in [0.25, 0.3) is 6.08 Å². The predicted octanol–water partition coefficient (Wildman–Crippen LogP) is 4.02. The number of aliphatic hydroxyl groups is 1. The van der Waals surface area contributed by atoms with E-state index < -0.39 is 5.60 Å². The van der Waals surface area contributed by atoms with E-state index in [9.17, 15) is 5.11 Å². The first-order valence-corrected chi connectivity index (χ1v) is 7.69. The van der Waals surface area contributed by atoms with Crippen molar-refractivity contribution >= 4 is 17.7 Å². The van der Waals surface area contributed by atoms with E-state index in [-0.39, 0.29) is 0 Å². The van der Waals surface area contributed by atoms with Crippen LogP contribution in [0.2, 0.25) is 5.28 Å². The van der Waals surface area contributed by atoms with E-state index in [4.69, 9.17) is 11.6 Å². The van der Waals surface area contributed by atoms with Crippen molar-refractivity contribution < 1.29 is 5.11 Å². The summed E-state index contributed by atoms with van der Waals surface area (Å²) >= 11 is 6.06. The average Bonchev–Trinajstić information content (AvgIpc) is 2.94. The molecule has 3 rings (SSSR count). The maximum Gasteiger partial charge on any atom is 0.202 e. The summed E-state index contributed by atoms with van der Waals surface area (Å²) in [5.74, 6) is 0. The quantitative estimate of drug-likeness (QED) is 0.787. The number of nitrogens with zero attached hydrogens (tertiary/aromatic N) is 2. The van der Waals surface area contributed by atoms with Crippen LogP contribution in [0.3, 0.4) is 0 Å². The number of halogens is 1. The molecule has 1 aromatic heterocycles. The van der Waals surface area contributed by atoms with Crippen molar-refractivity contribution in [3.63, 3.8) is 0 Å². The molecule has 0 bridgehead atoms. The molecule has 0 saturated heterocycles. The average molecular weight is 325 g/mol. The minimum Gasteiger partial charge on any atom is -0.375 e. The number of aromatic nitrogens is 2. The van der Waals surface area contributed by atoms with Gasteiger partial charge in [0, 0.05) is 7.05 Å². The van der Waals surface area contributed by atoms with Gasteiger partial charge in [0.1, 0.15) is 5.60 Å². The summed E-state index contributed by atoms with van der Waals surface area (Å²) in [5.41, 5.74) is 1.06. The monoisotopic (exact) mass is 324 g/mol. The Morgan fingerprint density at radius 3 is 2.22 bits per heavy atom. The summed E-state index contributed by atoms with van der Waals surface area (Å²) in [7, 11) is 1.79. The van der Waals surface area contributed by atoms with Crippen LogP contribution in [0, 0.1) is 0 Å². The van der Waals surface area contributed by atoms with E-state index in [1.165, 1.54) is 0 Å². The molecule has 3 nitrogen and oxygen atoms in total. The molecular weight excluding hydrogens is 308 g/mol. The third kappa shape index (κ3) is 3.07. The molecule has 0 aliphatic carbocycles. The molecule has 3 aromatic rings. The van der Waals surface area contributed by atoms with E-state index in [0.29, 0.717) is 11.0 Å². The van der Waals surface area contributed by atoms with Crippen molar-refractivity contribution in [2.75, 3.05) is 0 Å². The molecule has 1 unspecified atom stereocenters. The normalized spacial score (nSPS) is 14.0. The first-order valence-electron chi connectivity index (χ1n) is 7.31. The predicted molar refractivity (Wildman–Crippen MR) is 93.1 cm³/mol. The number of hydrogen-bond acceptors (Lipinski definition) is 2. The van der Waals surface area contributed by atoms with Crippen molar-refractivity contribution in [1.29, 1.82) is 0 Å². The third-order valence-electron chi connectivity index (χ3n) is 3.85. The first kappa shape index (κ1) is 15.5. The van der Waals surface area contributed by atoms with Crippen LogP contribution < -0.4 is 0 Å². The summed E-state index contributed by atoms with van der Waals surface area (Å²) < 4.78 is 1.68. The Labute approximate surface area is 140 Å². The van der Waals surface area contributed by atoms with Gasteiger partial charge in [0.25, 0.3) is 0 Å². The minimum atomic E-state index is -1.31.